The fourth-order valence-corrected chi connectivity index (χ4v) is 2.07. The van der Waals surface area contributed by atoms with Crippen LogP contribution in [0.1, 0.15) is 41.0 Å². The monoisotopic (exact) mass is 306 g/mol. The Morgan fingerprint density at radius 3 is 2.15 bits per heavy atom. The van der Waals surface area contributed by atoms with E-state index >= 15 is 0 Å². The summed E-state index contributed by atoms with van der Waals surface area (Å²) in [5, 5.41) is 14.6. The number of urea groups is 1. The standard InChI is InChI=1S/C13H26N2O4S/c1-9(7-8-20(6)19)14-11(18)15-13(4,5)12(2,3)10(16)17/h9H,7-8H2,1-6H3,(H,16,17)(H2,14,15,18). The molecule has 2 atom stereocenters. The van der Waals surface area contributed by atoms with Gasteiger partial charge in [0.05, 0.1) is 11.0 Å². The van der Waals surface area contributed by atoms with Crippen molar-refractivity contribution in [1.29, 1.82) is 0 Å². The maximum Gasteiger partial charge on any atom is 0.315 e. The van der Waals surface area contributed by atoms with Gasteiger partial charge in [-0.25, -0.2) is 4.79 Å². The van der Waals surface area contributed by atoms with Crippen LogP contribution in [0.15, 0.2) is 0 Å². The first-order valence-electron chi connectivity index (χ1n) is 6.52. The lowest BCUT2D eigenvalue weighted by Crippen LogP contribution is -2.59. The maximum atomic E-state index is 11.9. The van der Waals surface area contributed by atoms with Gasteiger partial charge in [-0.3, -0.25) is 9.00 Å². The van der Waals surface area contributed by atoms with Crippen molar-refractivity contribution in [2.75, 3.05) is 12.0 Å². The molecule has 0 aromatic rings. The van der Waals surface area contributed by atoms with Crippen LogP contribution in [-0.4, -0.2) is 44.9 Å². The van der Waals surface area contributed by atoms with Crippen LogP contribution in [-0.2, 0) is 15.6 Å². The van der Waals surface area contributed by atoms with Crippen molar-refractivity contribution in [3.8, 4) is 0 Å². The van der Waals surface area contributed by atoms with Crippen LogP contribution < -0.4 is 10.6 Å². The first kappa shape index (κ1) is 18.9. The summed E-state index contributed by atoms with van der Waals surface area (Å²) in [6, 6.07) is -0.540. The van der Waals surface area contributed by atoms with E-state index in [1.807, 2.05) is 6.92 Å². The number of hydrogen-bond donors (Lipinski definition) is 3. The molecule has 3 N–H and O–H groups in total. The number of hydrogen-bond acceptors (Lipinski definition) is 3. The molecule has 0 rings (SSSR count). The largest absolute Gasteiger partial charge is 0.481 e. The molecule has 0 saturated heterocycles. The first-order chi connectivity index (χ1) is 8.90. The minimum Gasteiger partial charge on any atom is -0.481 e. The van der Waals surface area contributed by atoms with Crippen LogP contribution >= 0.6 is 0 Å². The molecular weight excluding hydrogens is 280 g/mol. The highest BCUT2D eigenvalue weighted by Gasteiger charge is 2.44. The summed E-state index contributed by atoms with van der Waals surface area (Å²) >= 11 is 0. The van der Waals surface area contributed by atoms with Crippen molar-refractivity contribution in [3.63, 3.8) is 0 Å². The Bertz CT molecular complexity index is 394. The minimum absolute atomic E-state index is 0.123. The van der Waals surface area contributed by atoms with Gasteiger partial charge in [-0.1, -0.05) is 0 Å². The number of amides is 2. The third-order valence-corrected chi connectivity index (χ3v) is 4.55. The molecule has 0 saturated carbocycles. The molecule has 0 aliphatic heterocycles. The number of rotatable bonds is 7. The maximum absolute atomic E-state index is 11.9. The molecule has 2 amide bonds. The average molecular weight is 306 g/mol. The Morgan fingerprint density at radius 2 is 1.75 bits per heavy atom. The van der Waals surface area contributed by atoms with Crippen LogP contribution in [0.2, 0.25) is 0 Å². The zero-order valence-corrected chi connectivity index (χ0v) is 13.9. The Kier molecular flexibility index (Phi) is 6.67. The van der Waals surface area contributed by atoms with Crippen molar-refractivity contribution >= 4 is 22.8 Å². The molecule has 0 aliphatic carbocycles. The number of nitrogens with one attached hydrogen (secondary N) is 2. The van der Waals surface area contributed by atoms with Gasteiger partial charge in [0.25, 0.3) is 0 Å². The summed E-state index contributed by atoms with van der Waals surface area (Å²) in [7, 11) is -0.890. The van der Waals surface area contributed by atoms with E-state index in [9.17, 15) is 18.9 Å². The van der Waals surface area contributed by atoms with Crippen LogP contribution in [0.3, 0.4) is 0 Å². The summed E-state index contributed by atoms with van der Waals surface area (Å²) in [5.74, 6) is -0.455. The summed E-state index contributed by atoms with van der Waals surface area (Å²) in [4.78, 5) is 23.1. The molecule has 6 nitrogen and oxygen atoms in total. The lowest BCUT2D eigenvalue weighted by atomic mass is 9.74. The van der Waals surface area contributed by atoms with Gasteiger partial charge in [0, 0.05) is 28.9 Å². The second kappa shape index (κ2) is 7.06. The highest BCUT2D eigenvalue weighted by Crippen LogP contribution is 2.30. The topological polar surface area (TPSA) is 95.5 Å². The van der Waals surface area contributed by atoms with Gasteiger partial charge in [0.2, 0.25) is 0 Å². The fraction of sp³-hybridized carbons (Fsp3) is 0.846. The Hall–Kier alpha value is -1.11. The molecule has 0 bridgehead atoms. The predicted octanol–water partition coefficient (Wildman–Crippen LogP) is 1.33. The molecule has 0 fully saturated rings. The Morgan fingerprint density at radius 1 is 1.25 bits per heavy atom. The van der Waals surface area contributed by atoms with Crippen LogP contribution in [0.5, 0.6) is 0 Å². The third kappa shape index (κ3) is 5.48. The second-order valence-corrected chi connectivity index (χ2v) is 7.68. The lowest BCUT2D eigenvalue weighted by Gasteiger charge is -2.39. The van der Waals surface area contributed by atoms with Crippen molar-refractivity contribution in [2.45, 2.75) is 52.6 Å². The van der Waals surface area contributed by atoms with E-state index in [0.29, 0.717) is 12.2 Å². The lowest BCUT2D eigenvalue weighted by molar-refractivity contribution is -0.150. The molecule has 0 aromatic carbocycles. The molecule has 2 unspecified atom stereocenters. The minimum atomic E-state index is -1.10. The third-order valence-electron chi connectivity index (χ3n) is 3.74. The zero-order chi connectivity index (χ0) is 16.1. The number of aliphatic carboxylic acids is 1. The molecule has 7 heteroatoms. The highest BCUT2D eigenvalue weighted by molar-refractivity contribution is 7.84. The summed E-state index contributed by atoms with van der Waals surface area (Å²) in [6.45, 7) is 8.30. The first-order valence-corrected chi connectivity index (χ1v) is 8.25. The highest BCUT2D eigenvalue weighted by atomic mass is 32.2. The van der Waals surface area contributed by atoms with E-state index in [-0.39, 0.29) is 6.04 Å². The summed E-state index contributed by atoms with van der Waals surface area (Å²) < 4.78 is 11.0. The fourth-order valence-electron chi connectivity index (χ4n) is 1.38. The quantitative estimate of drug-likeness (QED) is 0.661. The van der Waals surface area contributed by atoms with Crippen molar-refractivity contribution < 1.29 is 18.9 Å². The van der Waals surface area contributed by atoms with Gasteiger partial charge in [-0.2, -0.15) is 0 Å². The molecule has 0 spiro atoms. The molecule has 0 aromatic heterocycles. The summed E-state index contributed by atoms with van der Waals surface area (Å²) in [5.41, 5.74) is -2.01. The molecule has 20 heavy (non-hydrogen) atoms. The van der Waals surface area contributed by atoms with Crippen molar-refractivity contribution in [2.24, 2.45) is 5.41 Å². The van der Waals surface area contributed by atoms with E-state index in [4.69, 9.17) is 0 Å². The molecule has 118 valence electrons. The summed E-state index contributed by atoms with van der Waals surface area (Å²) in [6.07, 6.45) is 2.23. The van der Waals surface area contributed by atoms with Gasteiger partial charge in [0.15, 0.2) is 0 Å². The van der Waals surface area contributed by atoms with Gasteiger partial charge in [0.1, 0.15) is 0 Å². The van der Waals surface area contributed by atoms with Gasteiger partial charge < -0.3 is 15.7 Å². The Labute approximate surface area is 123 Å². The van der Waals surface area contributed by atoms with Crippen LogP contribution in [0, 0.1) is 5.41 Å². The van der Waals surface area contributed by atoms with Gasteiger partial charge >= 0.3 is 12.0 Å². The zero-order valence-electron chi connectivity index (χ0n) is 13.1. The van der Waals surface area contributed by atoms with Crippen molar-refractivity contribution in [3.05, 3.63) is 0 Å². The second-order valence-electron chi connectivity index (χ2n) is 6.12. The van der Waals surface area contributed by atoms with E-state index in [0.717, 1.165) is 0 Å². The van der Waals surface area contributed by atoms with E-state index in [1.165, 1.54) is 0 Å². The normalized spacial score (nSPS) is 15.3. The molecular formula is C13H26N2O4S. The molecule has 0 radical (unpaired) electrons. The number of carboxylic acid groups (broad SMARTS) is 1. The number of carbonyl (C=O) groups is 2. The van der Waals surface area contributed by atoms with E-state index in [2.05, 4.69) is 10.6 Å². The average Bonchev–Trinajstić information content (AvgIpc) is 2.24. The number of carboxylic acids is 1. The molecule has 0 heterocycles. The van der Waals surface area contributed by atoms with Crippen LogP contribution in [0.4, 0.5) is 4.79 Å². The number of carbonyl (C=O) groups excluding carboxylic acids is 1. The van der Waals surface area contributed by atoms with Crippen molar-refractivity contribution in [1.82, 2.24) is 10.6 Å². The van der Waals surface area contributed by atoms with E-state index in [1.54, 1.807) is 34.0 Å². The SMILES string of the molecule is CC(CCS(C)=O)NC(=O)NC(C)(C)C(C)(C)C(=O)O. The van der Waals surface area contributed by atoms with E-state index < -0.39 is 33.8 Å². The smallest absolute Gasteiger partial charge is 0.315 e. The Balaban J connectivity index is 4.53. The molecule has 0 aliphatic rings. The predicted molar refractivity (Wildman–Crippen MR) is 80.2 cm³/mol. The van der Waals surface area contributed by atoms with Crippen LogP contribution in [0.25, 0.3) is 0 Å². The van der Waals surface area contributed by atoms with Gasteiger partial charge in [-0.05, 0) is 41.0 Å². The van der Waals surface area contributed by atoms with Gasteiger partial charge in [-0.15, -0.1) is 0 Å².